The molecule has 0 amide bonds. The van der Waals surface area contributed by atoms with Gasteiger partial charge in [-0.15, -0.1) is 10.2 Å². The molecule has 0 spiro atoms. The van der Waals surface area contributed by atoms with Crippen molar-refractivity contribution in [1.82, 2.24) is 25.2 Å². The Morgan fingerprint density at radius 1 is 1.21 bits per heavy atom. The lowest BCUT2D eigenvalue weighted by Crippen LogP contribution is -2.45. The Labute approximate surface area is 173 Å². The summed E-state index contributed by atoms with van der Waals surface area (Å²) >= 11 is 3.65. The standard InChI is InChI=1S/C20H24BrN7/c1-22-20(23-11-9-19-26-25-18-8-4-5-12-28(18)19)24-15-10-13-27(14-15)17-7-3-2-6-16(17)21/h2-8,12,15H,9-11,13-14H2,1H3,(H2,22,23,24). The number of hydrogen-bond donors (Lipinski definition) is 2. The van der Waals surface area contributed by atoms with Gasteiger partial charge in [-0.2, -0.15) is 0 Å². The average molecular weight is 442 g/mol. The summed E-state index contributed by atoms with van der Waals surface area (Å²) in [6, 6.07) is 14.7. The van der Waals surface area contributed by atoms with E-state index >= 15 is 0 Å². The van der Waals surface area contributed by atoms with Crippen molar-refractivity contribution in [2.24, 2.45) is 4.99 Å². The lowest BCUT2D eigenvalue weighted by molar-refractivity contribution is 0.646. The molecule has 1 atom stereocenters. The largest absolute Gasteiger partial charge is 0.368 e. The van der Waals surface area contributed by atoms with Crippen LogP contribution >= 0.6 is 15.9 Å². The van der Waals surface area contributed by atoms with Crippen molar-refractivity contribution < 1.29 is 0 Å². The van der Waals surface area contributed by atoms with E-state index in [-0.39, 0.29) is 0 Å². The molecule has 1 aliphatic heterocycles. The van der Waals surface area contributed by atoms with Crippen molar-refractivity contribution in [1.29, 1.82) is 0 Å². The lowest BCUT2D eigenvalue weighted by atomic mass is 10.2. The van der Waals surface area contributed by atoms with Crippen LogP contribution in [0.3, 0.4) is 0 Å². The van der Waals surface area contributed by atoms with E-state index in [2.05, 4.69) is 64.9 Å². The summed E-state index contributed by atoms with van der Waals surface area (Å²) in [4.78, 5) is 6.77. The Hall–Kier alpha value is -2.61. The Morgan fingerprint density at radius 2 is 2.07 bits per heavy atom. The number of pyridine rings is 1. The Morgan fingerprint density at radius 3 is 2.93 bits per heavy atom. The first-order valence-corrected chi connectivity index (χ1v) is 10.3. The zero-order valence-electron chi connectivity index (χ0n) is 15.8. The molecule has 4 rings (SSSR count). The lowest BCUT2D eigenvalue weighted by Gasteiger charge is -2.21. The molecule has 7 nitrogen and oxygen atoms in total. The first-order chi connectivity index (χ1) is 13.7. The van der Waals surface area contributed by atoms with Gasteiger partial charge in [0.25, 0.3) is 0 Å². The highest BCUT2D eigenvalue weighted by molar-refractivity contribution is 9.10. The predicted octanol–water partition coefficient (Wildman–Crippen LogP) is 2.48. The van der Waals surface area contributed by atoms with Gasteiger partial charge in [0.2, 0.25) is 0 Å². The van der Waals surface area contributed by atoms with Gasteiger partial charge < -0.3 is 15.5 Å². The molecule has 0 aliphatic carbocycles. The highest BCUT2D eigenvalue weighted by atomic mass is 79.9. The molecule has 0 radical (unpaired) electrons. The Bertz CT molecular complexity index is 968. The number of rotatable bonds is 5. The third-order valence-corrected chi connectivity index (χ3v) is 5.64. The Kier molecular flexibility index (Phi) is 5.76. The average Bonchev–Trinajstić information content (AvgIpc) is 3.35. The van der Waals surface area contributed by atoms with E-state index in [0.717, 1.165) is 54.4 Å². The number of nitrogens with one attached hydrogen (secondary N) is 2. The molecule has 1 aromatic carbocycles. The number of para-hydroxylation sites is 1. The van der Waals surface area contributed by atoms with Crippen molar-refractivity contribution in [2.45, 2.75) is 18.9 Å². The normalized spacial score (nSPS) is 17.3. The molecule has 1 fully saturated rings. The fourth-order valence-electron chi connectivity index (χ4n) is 3.55. The second-order valence-corrected chi connectivity index (χ2v) is 7.68. The molecule has 0 saturated carbocycles. The van der Waals surface area contributed by atoms with Crippen LogP contribution in [-0.4, -0.2) is 53.3 Å². The van der Waals surface area contributed by atoms with Gasteiger partial charge in [-0.25, -0.2) is 0 Å². The first kappa shape index (κ1) is 18.7. The van der Waals surface area contributed by atoms with Crippen LogP contribution < -0.4 is 15.5 Å². The fourth-order valence-corrected chi connectivity index (χ4v) is 4.08. The smallest absolute Gasteiger partial charge is 0.191 e. The molecule has 8 heteroatoms. The predicted molar refractivity (Wildman–Crippen MR) is 116 cm³/mol. The van der Waals surface area contributed by atoms with Crippen molar-refractivity contribution in [3.8, 4) is 0 Å². The van der Waals surface area contributed by atoms with Crippen LogP contribution in [0.5, 0.6) is 0 Å². The minimum Gasteiger partial charge on any atom is -0.368 e. The van der Waals surface area contributed by atoms with Gasteiger partial charge in [0.15, 0.2) is 11.6 Å². The quantitative estimate of drug-likeness (QED) is 0.470. The van der Waals surface area contributed by atoms with Crippen molar-refractivity contribution in [3.63, 3.8) is 0 Å². The van der Waals surface area contributed by atoms with Crippen LogP contribution in [0.15, 0.2) is 58.1 Å². The summed E-state index contributed by atoms with van der Waals surface area (Å²) in [5.41, 5.74) is 2.12. The van der Waals surface area contributed by atoms with Crippen LogP contribution in [0.1, 0.15) is 12.2 Å². The summed E-state index contributed by atoms with van der Waals surface area (Å²) in [7, 11) is 1.81. The third kappa shape index (κ3) is 4.11. The number of aliphatic imine (C=N–C) groups is 1. The Balaban J connectivity index is 1.29. The molecule has 0 bridgehead atoms. The van der Waals surface area contributed by atoms with Gasteiger partial charge in [-0.05, 0) is 46.6 Å². The zero-order valence-corrected chi connectivity index (χ0v) is 17.4. The van der Waals surface area contributed by atoms with Gasteiger partial charge in [0, 0.05) is 49.8 Å². The van der Waals surface area contributed by atoms with Gasteiger partial charge in [0.1, 0.15) is 5.82 Å². The number of halogens is 1. The van der Waals surface area contributed by atoms with Crippen molar-refractivity contribution in [2.75, 3.05) is 31.6 Å². The highest BCUT2D eigenvalue weighted by Crippen LogP contribution is 2.28. The second kappa shape index (κ2) is 8.60. The topological polar surface area (TPSA) is 69.8 Å². The minimum atomic E-state index is 0.368. The van der Waals surface area contributed by atoms with Crippen molar-refractivity contribution >= 4 is 33.2 Å². The van der Waals surface area contributed by atoms with Crippen LogP contribution in [0.2, 0.25) is 0 Å². The van der Waals surface area contributed by atoms with Crippen LogP contribution in [-0.2, 0) is 6.42 Å². The monoisotopic (exact) mass is 441 g/mol. The molecule has 3 aromatic rings. The summed E-state index contributed by atoms with van der Waals surface area (Å²) in [5, 5.41) is 15.4. The van der Waals surface area contributed by atoms with E-state index in [0.29, 0.717) is 6.04 Å². The van der Waals surface area contributed by atoms with E-state index in [9.17, 15) is 0 Å². The maximum absolute atomic E-state index is 4.37. The van der Waals surface area contributed by atoms with E-state index in [1.165, 1.54) is 5.69 Å². The molecule has 1 saturated heterocycles. The number of aromatic nitrogens is 3. The number of nitrogens with zero attached hydrogens (tertiary/aromatic N) is 5. The SMILES string of the molecule is CN=C(NCCc1nnc2ccccn12)NC1CCN(c2ccccc2Br)C1. The summed E-state index contributed by atoms with van der Waals surface area (Å²) in [5.74, 6) is 1.77. The van der Waals surface area contributed by atoms with E-state index < -0.39 is 0 Å². The molecule has 146 valence electrons. The molecule has 2 N–H and O–H groups in total. The molecule has 1 aliphatic rings. The number of guanidine groups is 1. The second-order valence-electron chi connectivity index (χ2n) is 6.82. The molecule has 28 heavy (non-hydrogen) atoms. The number of hydrogen-bond acceptors (Lipinski definition) is 4. The number of fused-ring (bicyclic) bond motifs is 1. The molecule has 2 aromatic heterocycles. The molecular formula is C20H24BrN7. The van der Waals surface area contributed by atoms with Crippen LogP contribution in [0, 0.1) is 0 Å². The maximum Gasteiger partial charge on any atom is 0.191 e. The molecule has 3 heterocycles. The van der Waals surface area contributed by atoms with Crippen LogP contribution in [0.4, 0.5) is 5.69 Å². The van der Waals surface area contributed by atoms with E-state index in [1.807, 2.05) is 41.9 Å². The molecule has 1 unspecified atom stereocenters. The van der Waals surface area contributed by atoms with Crippen molar-refractivity contribution in [3.05, 3.63) is 59.0 Å². The minimum absolute atomic E-state index is 0.368. The molecular weight excluding hydrogens is 418 g/mol. The van der Waals surface area contributed by atoms with Gasteiger partial charge in [0.05, 0.1) is 5.69 Å². The van der Waals surface area contributed by atoms with Crippen LogP contribution in [0.25, 0.3) is 5.65 Å². The third-order valence-electron chi connectivity index (χ3n) is 4.97. The van der Waals surface area contributed by atoms with E-state index in [1.54, 1.807) is 0 Å². The first-order valence-electron chi connectivity index (χ1n) is 9.50. The number of benzene rings is 1. The number of anilines is 1. The summed E-state index contributed by atoms with van der Waals surface area (Å²) in [6.07, 6.45) is 3.85. The maximum atomic E-state index is 4.37. The van der Waals surface area contributed by atoms with E-state index in [4.69, 9.17) is 0 Å². The fraction of sp³-hybridized carbons (Fsp3) is 0.350. The van der Waals surface area contributed by atoms with Gasteiger partial charge >= 0.3 is 0 Å². The summed E-state index contributed by atoms with van der Waals surface area (Å²) < 4.78 is 3.16. The van der Waals surface area contributed by atoms with Gasteiger partial charge in [-0.3, -0.25) is 9.39 Å². The zero-order chi connectivity index (χ0) is 19.3. The highest BCUT2D eigenvalue weighted by Gasteiger charge is 2.24. The summed E-state index contributed by atoms with van der Waals surface area (Å²) in [6.45, 7) is 2.73. The van der Waals surface area contributed by atoms with Gasteiger partial charge in [-0.1, -0.05) is 18.2 Å².